The first-order chi connectivity index (χ1) is 11.7. The molecule has 0 unspecified atom stereocenters. The second-order valence-electron chi connectivity index (χ2n) is 5.72. The van der Waals surface area contributed by atoms with Crippen molar-refractivity contribution in [3.05, 3.63) is 51.7 Å². The molecular formula is C18H20N2O3S. The molecule has 0 spiro atoms. The fraction of sp³-hybridized carbons (Fsp3) is 0.333. The molecule has 0 aliphatic heterocycles. The zero-order valence-corrected chi connectivity index (χ0v) is 14.2. The maximum absolute atomic E-state index is 12.2. The van der Waals surface area contributed by atoms with Crippen LogP contribution in [0.2, 0.25) is 0 Å². The van der Waals surface area contributed by atoms with Crippen LogP contribution in [-0.4, -0.2) is 18.4 Å². The number of amides is 2. The Morgan fingerprint density at radius 3 is 2.67 bits per heavy atom. The Hall–Kier alpha value is -2.34. The molecule has 0 fully saturated rings. The predicted octanol–water partition coefficient (Wildman–Crippen LogP) is 2.86. The highest BCUT2D eigenvalue weighted by molar-refractivity contribution is 7.14. The summed E-state index contributed by atoms with van der Waals surface area (Å²) in [4.78, 5) is 25.9. The first kappa shape index (κ1) is 16.5. The molecule has 126 valence electrons. The Morgan fingerprint density at radius 1 is 1.04 bits per heavy atom. The van der Waals surface area contributed by atoms with Crippen molar-refractivity contribution in [2.24, 2.45) is 0 Å². The van der Waals surface area contributed by atoms with E-state index in [-0.39, 0.29) is 12.5 Å². The molecule has 0 saturated heterocycles. The van der Waals surface area contributed by atoms with Crippen LogP contribution in [-0.2, 0) is 17.6 Å². The topological polar surface area (TPSA) is 67.4 Å². The summed E-state index contributed by atoms with van der Waals surface area (Å²) < 4.78 is 5.33. The molecule has 2 amide bonds. The molecule has 1 aliphatic rings. The van der Waals surface area contributed by atoms with Crippen molar-refractivity contribution in [2.45, 2.75) is 32.1 Å². The summed E-state index contributed by atoms with van der Waals surface area (Å²) in [5.74, 6) is -0.0626. The molecule has 0 radical (unpaired) electrons. The lowest BCUT2D eigenvalue weighted by molar-refractivity contribution is -0.123. The van der Waals surface area contributed by atoms with Crippen LogP contribution in [0.3, 0.4) is 0 Å². The molecule has 24 heavy (non-hydrogen) atoms. The Balaban J connectivity index is 1.47. The summed E-state index contributed by atoms with van der Waals surface area (Å²) in [6, 6.07) is 11.0. The van der Waals surface area contributed by atoms with Crippen LogP contribution in [0.15, 0.2) is 36.4 Å². The van der Waals surface area contributed by atoms with Crippen molar-refractivity contribution in [3.63, 3.8) is 0 Å². The van der Waals surface area contributed by atoms with Crippen LogP contribution in [0.5, 0.6) is 5.75 Å². The number of hydrogen-bond donors (Lipinski definition) is 2. The number of nitrogens with one attached hydrogen (secondary N) is 2. The van der Waals surface area contributed by atoms with Crippen molar-refractivity contribution in [1.82, 2.24) is 10.9 Å². The number of benzene rings is 1. The Labute approximate surface area is 145 Å². The number of rotatable bonds is 4. The van der Waals surface area contributed by atoms with Crippen molar-refractivity contribution in [2.75, 3.05) is 6.61 Å². The SMILES string of the molecule is O=C(COc1ccccc1)NNC(=O)c1cc2c(s1)CCCCC2. The highest BCUT2D eigenvalue weighted by Gasteiger charge is 2.16. The molecule has 1 aliphatic carbocycles. The van der Waals surface area contributed by atoms with Gasteiger partial charge in [-0.3, -0.25) is 20.4 Å². The van der Waals surface area contributed by atoms with Gasteiger partial charge < -0.3 is 4.74 Å². The third kappa shape index (κ3) is 4.35. The number of hydrazine groups is 1. The normalized spacial score (nSPS) is 13.5. The van der Waals surface area contributed by atoms with E-state index in [1.807, 2.05) is 24.3 Å². The van der Waals surface area contributed by atoms with E-state index in [0.29, 0.717) is 10.6 Å². The van der Waals surface area contributed by atoms with E-state index >= 15 is 0 Å². The highest BCUT2D eigenvalue weighted by atomic mass is 32.1. The molecule has 6 heteroatoms. The first-order valence-electron chi connectivity index (χ1n) is 8.11. The van der Waals surface area contributed by atoms with Gasteiger partial charge in [0.1, 0.15) is 5.75 Å². The van der Waals surface area contributed by atoms with Crippen molar-refractivity contribution in [1.29, 1.82) is 0 Å². The Morgan fingerprint density at radius 2 is 1.83 bits per heavy atom. The Bertz CT molecular complexity index is 689. The lowest BCUT2D eigenvalue weighted by Crippen LogP contribution is -2.43. The second kappa shape index (κ2) is 7.97. The van der Waals surface area contributed by atoms with Gasteiger partial charge in [-0.05, 0) is 49.4 Å². The number of ether oxygens (including phenoxy) is 1. The van der Waals surface area contributed by atoms with Gasteiger partial charge in [0, 0.05) is 4.88 Å². The van der Waals surface area contributed by atoms with Crippen LogP contribution >= 0.6 is 11.3 Å². The monoisotopic (exact) mass is 344 g/mol. The fourth-order valence-corrected chi connectivity index (χ4v) is 3.82. The molecule has 0 bridgehead atoms. The van der Waals surface area contributed by atoms with Crippen molar-refractivity contribution < 1.29 is 14.3 Å². The average Bonchev–Trinajstić information content (AvgIpc) is 2.89. The molecule has 2 N–H and O–H groups in total. The quantitative estimate of drug-likeness (QED) is 0.662. The van der Waals surface area contributed by atoms with E-state index in [2.05, 4.69) is 10.9 Å². The molecule has 3 rings (SSSR count). The number of carbonyl (C=O) groups is 2. The van der Waals surface area contributed by atoms with Gasteiger partial charge >= 0.3 is 0 Å². The number of fused-ring (bicyclic) bond motifs is 1. The highest BCUT2D eigenvalue weighted by Crippen LogP contribution is 2.28. The summed E-state index contributed by atoms with van der Waals surface area (Å²) in [6.07, 6.45) is 5.70. The summed E-state index contributed by atoms with van der Waals surface area (Å²) in [5.41, 5.74) is 6.12. The van der Waals surface area contributed by atoms with Crippen LogP contribution < -0.4 is 15.6 Å². The average molecular weight is 344 g/mol. The van der Waals surface area contributed by atoms with Crippen LogP contribution in [0.25, 0.3) is 0 Å². The zero-order valence-electron chi connectivity index (χ0n) is 13.3. The largest absolute Gasteiger partial charge is 0.484 e. The third-order valence-corrected chi connectivity index (χ3v) is 5.13. The first-order valence-corrected chi connectivity index (χ1v) is 8.92. The number of carbonyl (C=O) groups excluding carboxylic acids is 2. The molecular weight excluding hydrogens is 324 g/mol. The minimum atomic E-state index is -0.398. The zero-order chi connectivity index (χ0) is 16.8. The van der Waals surface area contributed by atoms with Crippen LogP contribution in [0.4, 0.5) is 0 Å². The number of para-hydroxylation sites is 1. The lowest BCUT2D eigenvalue weighted by Gasteiger charge is -2.08. The van der Waals surface area contributed by atoms with Gasteiger partial charge in [-0.1, -0.05) is 24.6 Å². The number of aryl methyl sites for hydroxylation is 2. The van der Waals surface area contributed by atoms with Gasteiger partial charge in [-0.25, -0.2) is 0 Å². The van der Waals surface area contributed by atoms with Crippen molar-refractivity contribution in [3.8, 4) is 5.75 Å². The van der Waals surface area contributed by atoms with Gasteiger partial charge in [0.05, 0.1) is 4.88 Å². The standard InChI is InChI=1S/C18H20N2O3S/c21-17(12-23-14-8-4-2-5-9-14)19-20-18(22)16-11-13-7-3-1-6-10-15(13)24-16/h2,4-5,8-9,11H,1,3,6-7,10,12H2,(H,19,21)(H,20,22). The Kier molecular flexibility index (Phi) is 5.48. The van der Waals surface area contributed by atoms with E-state index in [4.69, 9.17) is 4.74 Å². The summed E-state index contributed by atoms with van der Waals surface area (Å²) in [6.45, 7) is -0.148. The van der Waals surface area contributed by atoms with Gasteiger partial charge in [0.15, 0.2) is 6.61 Å². The number of thiophene rings is 1. The van der Waals surface area contributed by atoms with E-state index in [0.717, 1.165) is 12.8 Å². The fourth-order valence-electron chi connectivity index (χ4n) is 2.67. The van der Waals surface area contributed by atoms with E-state index in [1.165, 1.54) is 41.0 Å². The van der Waals surface area contributed by atoms with Gasteiger partial charge in [0.2, 0.25) is 0 Å². The summed E-state index contributed by atoms with van der Waals surface area (Å²) >= 11 is 1.52. The summed E-state index contributed by atoms with van der Waals surface area (Å²) in [7, 11) is 0. The maximum atomic E-state index is 12.2. The van der Waals surface area contributed by atoms with E-state index < -0.39 is 5.91 Å². The smallest absolute Gasteiger partial charge is 0.279 e. The van der Waals surface area contributed by atoms with Crippen molar-refractivity contribution >= 4 is 23.2 Å². The van der Waals surface area contributed by atoms with Gasteiger partial charge in [-0.2, -0.15) is 0 Å². The van der Waals surface area contributed by atoms with Gasteiger partial charge in [0.25, 0.3) is 11.8 Å². The molecule has 1 aromatic carbocycles. The van der Waals surface area contributed by atoms with E-state index in [1.54, 1.807) is 12.1 Å². The molecule has 5 nitrogen and oxygen atoms in total. The number of hydrogen-bond acceptors (Lipinski definition) is 4. The molecule has 1 heterocycles. The van der Waals surface area contributed by atoms with Crippen LogP contribution in [0.1, 0.15) is 39.4 Å². The van der Waals surface area contributed by atoms with Gasteiger partial charge in [-0.15, -0.1) is 11.3 Å². The minimum Gasteiger partial charge on any atom is -0.484 e. The van der Waals surface area contributed by atoms with Crippen LogP contribution in [0, 0.1) is 0 Å². The minimum absolute atomic E-state index is 0.148. The van der Waals surface area contributed by atoms with E-state index in [9.17, 15) is 9.59 Å². The summed E-state index contributed by atoms with van der Waals surface area (Å²) in [5, 5.41) is 0. The maximum Gasteiger partial charge on any atom is 0.279 e. The lowest BCUT2D eigenvalue weighted by atomic mass is 10.1. The molecule has 2 aromatic rings. The third-order valence-electron chi connectivity index (χ3n) is 3.90. The molecule has 1 aromatic heterocycles. The predicted molar refractivity (Wildman–Crippen MR) is 93.1 cm³/mol. The molecule has 0 saturated carbocycles. The molecule has 0 atom stereocenters. The second-order valence-corrected chi connectivity index (χ2v) is 6.86.